The Morgan fingerprint density at radius 1 is 1.15 bits per heavy atom. The number of carbonyl (C=O) groups excluding carboxylic acids is 1. The van der Waals surface area contributed by atoms with E-state index >= 15 is 0 Å². The zero-order valence-electron chi connectivity index (χ0n) is 12.6. The van der Waals surface area contributed by atoms with Crippen molar-refractivity contribution in [3.63, 3.8) is 0 Å². The Balaban J connectivity index is 2.14. The van der Waals surface area contributed by atoms with Crippen LogP contribution in [0.15, 0.2) is 42.5 Å². The molecule has 1 aromatic rings. The van der Waals surface area contributed by atoms with Crippen LogP contribution < -0.4 is 0 Å². The minimum Gasteiger partial charge on any atom is -0.389 e. The van der Waals surface area contributed by atoms with Crippen LogP contribution in [0.3, 0.4) is 0 Å². The van der Waals surface area contributed by atoms with Crippen LogP contribution in [0.4, 0.5) is 0 Å². The molecule has 0 fully saturated rings. The molecule has 2 heteroatoms. The van der Waals surface area contributed by atoms with Gasteiger partial charge in [0.2, 0.25) is 0 Å². The SMILES string of the molecule is CC(O)/C=C/[C@H](C)CCC(=O)CCCc1ccccc1. The van der Waals surface area contributed by atoms with Gasteiger partial charge in [-0.3, -0.25) is 4.79 Å². The third-order valence-electron chi connectivity index (χ3n) is 3.36. The van der Waals surface area contributed by atoms with E-state index in [0.29, 0.717) is 24.5 Å². The van der Waals surface area contributed by atoms with Crippen LogP contribution in [-0.2, 0) is 11.2 Å². The Kier molecular flexibility index (Phi) is 7.89. The summed E-state index contributed by atoms with van der Waals surface area (Å²) < 4.78 is 0. The first kappa shape index (κ1) is 16.6. The number of allylic oxidation sites excluding steroid dienone is 1. The molecule has 0 heterocycles. The molecule has 0 saturated heterocycles. The zero-order valence-corrected chi connectivity index (χ0v) is 12.6. The summed E-state index contributed by atoms with van der Waals surface area (Å²) in [4.78, 5) is 11.8. The lowest BCUT2D eigenvalue weighted by Crippen LogP contribution is -2.02. The largest absolute Gasteiger partial charge is 0.389 e. The third-order valence-corrected chi connectivity index (χ3v) is 3.36. The summed E-state index contributed by atoms with van der Waals surface area (Å²) in [5.41, 5.74) is 1.30. The summed E-state index contributed by atoms with van der Waals surface area (Å²) in [5, 5.41) is 9.15. The molecule has 0 radical (unpaired) electrons. The van der Waals surface area contributed by atoms with Crippen molar-refractivity contribution >= 4 is 5.78 Å². The highest BCUT2D eigenvalue weighted by Crippen LogP contribution is 2.11. The lowest BCUT2D eigenvalue weighted by Gasteiger charge is -2.06. The van der Waals surface area contributed by atoms with E-state index in [0.717, 1.165) is 19.3 Å². The summed E-state index contributed by atoms with van der Waals surface area (Å²) in [6.07, 6.45) is 7.45. The van der Waals surface area contributed by atoms with Gasteiger partial charge in [0.1, 0.15) is 5.78 Å². The Morgan fingerprint density at radius 3 is 2.50 bits per heavy atom. The van der Waals surface area contributed by atoms with E-state index in [-0.39, 0.29) is 0 Å². The molecule has 0 amide bonds. The van der Waals surface area contributed by atoms with Crippen LogP contribution in [0, 0.1) is 5.92 Å². The molecule has 0 bridgehead atoms. The van der Waals surface area contributed by atoms with Crippen LogP contribution in [0.25, 0.3) is 0 Å². The fourth-order valence-electron chi connectivity index (χ4n) is 2.09. The number of aryl methyl sites for hydroxylation is 1. The lowest BCUT2D eigenvalue weighted by molar-refractivity contribution is -0.119. The molecule has 0 aliphatic heterocycles. The molecule has 0 aliphatic carbocycles. The predicted octanol–water partition coefficient (Wildman–Crippen LogP) is 3.93. The van der Waals surface area contributed by atoms with Crippen LogP contribution in [0.2, 0.25) is 0 Å². The normalized spacial score (nSPS) is 14.3. The van der Waals surface area contributed by atoms with Gasteiger partial charge < -0.3 is 5.11 Å². The molecule has 1 N–H and O–H groups in total. The maximum atomic E-state index is 11.8. The second-order valence-electron chi connectivity index (χ2n) is 5.52. The van der Waals surface area contributed by atoms with Crippen LogP contribution >= 0.6 is 0 Å². The van der Waals surface area contributed by atoms with Crippen molar-refractivity contribution in [2.45, 2.75) is 52.1 Å². The molecule has 1 aromatic carbocycles. The summed E-state index contributed by atoms with van der Waals surface area (Å²) >= 11 is 0. The summed E-state index contributed by atoms with van der Waals surface area (Å²) in [7, 11) is 0. The number of aliphatic hydroxyl groups is 1. The summed E-state index contributed by atoms with van der Waals surface area (Å²) in [5.74, 6) is 0.695. The number of ketones is 1. The van der Waals surface area contributed by atoms with Crippen LogP contribution in [0.1, 0.15) is 45.1 Å². The molecule has 110 valence electrons. The first-order valence-corrected chi connectivity index (χ1v) is 7.50. The number of hydrogen-bond acceptors (Lipinski definition) is 2. The Labute approximate surface area is 122 Å². The minimum atomic E-state index is -0.404. The molecule has 0 saturated carbocycles. The van der Waals surface area contributed by atoms with Gasteiger partial charge in [-0.25, -0.2) is 0 Å². The third kappa shape index (κ3) is 7.90. The maximum Gasteiger partial charge on any atom is 0.132 e. The van der Waals surface area contributed by atoms with E-state index in [1.54, 1.807) is 13.0 Å². The quantitative estimate of drug-likeness (QED) is 0.693. The van der Waals surface area contributed by atoms with Crippen molar-refractivity contribution in [2.24, 2.45) is 5.92 Å². The first-order chi connectivity index (χ1) is 9.58. The smallest absolute Gasteiger partial charge is 0.132 e. The summed E-state index contributed by atoms with van der Waals surface area (Å²) in [6, 6.07) is 10.3. The van der Waals surface area contributed by atoms with E-state index in [1.807, 2.05) is 24.3 Å². The average Bonchev–Trinajstić information content (AvgIpc) is 2.44. The molecule has 0 aliphatic rings. The molecule has 1 unspecified atom stereocenters. The number of Topliss-reactive ketones (excluding diaryl/α,β-unsaturated/α-hetero) is 1. The predicted molar refractivity (Wildman–Crippen MR) is 83.6 cm³/mol. The van der Waals surface area contributed by atoms with Gasteiger partial charge in [-0.1, -0.05) is 49.4 Å². The van der Waals surface area contributed by atoms with Gasteiger partial charge in [-0.05, 0) is 37.7 Å². The van der Waals surface area contributed by atoms with E-state index in [9.17, 15) is 4.79 Å². The number of aliphatic hydroxyl groups excluding tert-OH is 1. The van der Waals surface area contributed by atoms with Crippen molar-refractivity contribution in [1.82, 2.24) is 0 Å². The fourth-order valence-corrected chi connectivity index (χ4v) is 2.09. The number of benzene rings is 1. The number of carbonyl (C=O) groups is 1. The lowest BCUT2D eigenvalue weighted by atomic mass is 9.99. The molecule has 0 aromatic heterocycles. The number of hydrogen-bond donors (Lipinski definition) is 1. The van der Waals surface area contributed by atoms with Crippen molar-refractivity contribution in [3.05, 3.63) is 48.0 Å². The standard InChI is InChI=1S/C18H26O2/c1-15(11-13-16(2)19)12-14-18(20)10-6-9-17-7-4-3-5-8-17/h3-5,7-8,11,13,15-16,19H,6,9-10,12,14H2,1-2H3/b13-11+/t15-,16?/m0/s1. The molecular weight excluding hydrogens is 248 g/mol. The average molecular weight is 274 g/mol. The van der Waals surface area contributed by atoms with Crippen LogP contribution in [-0.4, -0.2) is 17.0 Å². The summed E-state index contributed by atoms with van der Waals surface area (Å²) in [6.45, 7) is 3.81. The topological polar surface area (TPSA) is 37.3 Å². The van der Waals surface area contributed by atoms with Gasteiger partial charge in [-0.2, -0.15) is 0 Å². The first-order valence-electron chi connectivity index (χ1n) is 7.50. The minimum absolute atomic E-state index is 0.346. The molecule has 2 nitrogen and oxygen atoms in total. The fraction of sp³-hybridized carbons (Fsp3) is 0.500. The van der Waals surface area contributed by atoms with E-state index in [1.165, 1.54) is 5.56 Å². The van der Waals surface area contributed by atoms with Crippen molar-refractivity contribution in [2.75, 3.05) is 0 Å². The second-order valence-corrected chi connectivity index (χ2v) is 5.52. The van der Waals surface area contributed by atoms with Crippen molar-refractivity contribution in [1.29, 1.82) is 0 Å². The van der Waals surface area contributed by atoms with Crippen molar-refractivity contribution in [3.8, 4) is 0 Å². The maximum absolute atomic E-state index is 11.8. The monoisotopic (exact) mass is 274 g/mol. The molecule has 1 rings (SSSR count). The molecule has 20 heavy (non-hydrogen) atoms. The van der Waals surface area contributed by atoms with E-state index in [2.05, 4.69) is 19.1 Å². The molecule has 2 atom stereocenters. The highest BCUT2D eigenvalue weighted by Gasteiger charge is 2.05. The van der Waals surface area contributed by atoms with Crippen LogP contribution in [0.5, 0.6) is 0 Å². The number of rotatable bonds is 9. The van der Waals surface area contributed by atoms with Gasteiger partial charge in [0, 0.05) is 12.8 Å². The van der Waals surface area contributed by atoms with Gasteiger partial charge in [-0.15, -0.1) is 0 Å². The highest BCUT2D eigenvalue weighted by molar-refractivity contribution is 5.78. The molecule has 0 spiro atoms. The van der Waals surface area contributed by atoms with E-state index in [4.69, 9.17) is 5.11 Å². The second kappa shape index (κ2) is 9.49. The highest BCUT2D eigenvalue weighted by atomic mass is 16.3. The zero-order chi connectivity index (χ0) is 14.8. The Morgan fingerprint density at radius 2 is 1.85 bits per heavy atom. The molecular formula is C18H26O2. The van der Waals surface area contributed by atoms with Gasteiger partial charge in [0.05, 0.1) is 6.10 Å². The van der Waals surface area contributed by atoms with Crippen molar-refractivity contribution < 1.29 is 9.90 Å². The Bertz CT molecular complexity index is 407. The van der Waals surface area contributed by atoms with Gasteiger partial charge >= 0.3 is 0 Å². The Hall–Kier alpha value is -1.41. The van der Waals surface area contributed by atoms with Gasteiger partial charge in [0.25, 0.3) is 0 Å². The van der Waals surface area contributed by atoms with Gasteiger partial charge in [0.15, 0.2) is 0 Å². The van der Waals surface area contributed by atoms with E-state index < -0.39 is 6.10 Å².